The summed E-state index contributed by atoms with van der Waals surface area (Å²) in [5.74, 6) is -0.472. The van der Waals surface area contributed by atoms with E-state index >= 15 is 0 Å². The predicted octanol–water partition coefficient (Wildman–Crippen LogP) is 2.96. The Bertz CT molecular complexity index is 540. The van der Waals surface area contributed by atoms with Gasteiger partial charge < -0.3 is 5.11 Å². The zero-order valence-electron chi connectivity index (χ0n) is 10.3. The number of phenolic OH excluding ortho intramolecular Hbond substituents is 1. The summed E-state index contributed by atoms with van der Waals surface area (Å²) in [7, 11) is 0. The quantitative estimate of drug-likeness (QED) is 0.857. The highest BCUT2D eigenvalue weighted by atomic mass is 19.2. The van der Waals surface area contributed by atoms with Gasteiger partial charge in [0.25, 0.3) is 5.91 Å². The molecule has 0 saturated heterocycles. The van der Waals surface area contributed by atoms with E-state index in [1.54, 1.807) is 42.5 Å². The van der Waals surface area contributed by atoms with Gasteiger partial charge in [0.05, 0.1) is 6.54 Å². The van der Waals surface area contributed by atoms with Crippen LogP contribution in [-0.4, -0.2) is 22.7 Å². The fraction of sp³-hybridized carbons (Fsp3) is 0.133. The first-order valence-corrected chi connectivity index (χ1v) is 5.97. The van der Waals surface area contributed by atoms with Gasteiger partial charge >= 0.3 is 0 Å². The van der Waals surface area contributed by atoms with Gasteiger partial charge in [-0.2, -0.15) is 5.12 Å². The number of amides is 1. The van der Waals surface area contributed by atoms with Crippen molar-refractivity contribution in [2.75, 3.05) is 6.54 Å². The number of carbonyl (C=O) groups excluding carboxylic acids is 1. The fourth-order valence-corrected chi connectivity index (χ4v) is 1.71. The van der Waals surface area contributed by atoms with Crippen molar-refractivity contribution < 1.29 is 14.4 Å². The smallest absolute Gasteiger partial charge is 0.281 e. The Kier molecular flexibility index (Phi) is 4.13. The maximum Gasteiger partial charge on any atom is 0.281 e. The van der Waals surface area contributed by atoms with Crippen molar-refractivity contribution in [2.24, 2.45) is 0 Å². The maximum atomic E-state index is 13.7. The van der Waals surface area contributed by atoms with Gasteiger partial charge in [0.2, 0.25) is 0 Å². The van der Waals surface area contributed by atoms with Crippen LogP contribution in [0.2, 0.25) is 0 Å². The first kappa shape index (κ1) is 13.1. The third-order valence-electron chi connectivity index (χ3n) is 2.77. The van der Waals surface area contributed by atoms with E-state index in [0.717, 1.165) is 5.56 Å². The van der Waals surface area contributed by atoms with Crippen molar-refractivity contribution in [3.63, 3.8) is 0 Å². The highest BCUT2D eigenvalue weighted by Crippen LogP contribution is 2.11. The number of rotatable bonds is 4. The van der Waals surface area contributed by atoms with E-state index in [4.69, 9.17) is 5.11 Å². The first-order valence-electron chi connectivity index (χ1n) is 5.97. The van der Waals surface area contributed by atoms with Gasteiger partial charge in [-0.3, -0.25) is 4.79 Å². The second kappa shape index (κ2) is 6.00. The van der Waals surface area contributed by atoms with Crippen LogP contribution in [0.4, 0.5) is 4.48 Å². The average molecular weight is 259 g/mol. The normalized spacial score (nSPS) is 10.2. The topological polar surface area (TPSA) is 40.5 Å². The fourth-order valence-electron chi connectivity index (χ4n) is 1.71. The molecule has 1 N–H and O–H groups in total. The third-order valence-corrected chi connectivity index (χ3v) is 2.77. The summed E-state index contributed by atoms with van der Waals surface area (Å²) in [6.45, 7) is -0.0154. The maximum absolute atomic E-state index is 13.7. The molecular formula is C15H14FNO2. The van der Waals surface area contributed by atoms with Crippen LogP contribution in [0.1, 0.15) is 15.9 Å². The highest BCUT2D eigenvalue weighted by molar-refractivity contribution is 5.93. The highest BCUT2D eigenvalue weighted by Gasteiger charge is 2.14. The minimum absolute atomic E-state index is 0.0154. The Morgan fingerprint density at radius 3 is 2.32 bits per heavy atom. The molecule has 0 aliphatic heterocycles. The molecule has 0 aromatic heterocycles. The van der Waals surface area contributed by atoms with Crippen LogP contribution < -0.4 is 0 Å². The second-order valence-electron chi connectivity index (χ2n) is 4.17. The predicted molar refractivity (Wildman–Crippen MR) is 70.4 cm³/mol. The van der Waals surface area contributed by atoms with Crippen LogP contribution in [0.3, 0.4) is 0 Å². The monoisotopic (exact) mass is 259 g/mol. The van der Waals surface area contributed by atoms with E-state index < -0.39 is 5.91 Å². The SMILES string of the molecule is O=C(c1ccccc1)N(F)CCc1ccc(O)cc1. The minimum atomic E-state index is -0.639. The molecule has 2 rings (SSSR count). The first-order chi connectivity index (χ1) is 9.16. The van der Waals surface area contributed by atoms with E-state index in [-0.39, 0.29) is 17.4 Å². The summed E-state index contributed by atoms with van der Waals surface area (Å²) in [6.07, 6.45) is 0.398. The average Bonchev–Trinajstić information content (AvgIpc) is 2.46. The largest absolute Gasteiger partial charge is 0.508 e. The standard InChI is InChI=1S/C15H14FNO2/c16-17(15(19)13-4-2-1-3-5-13)11-10-12-6-8-14(18)9-7-12/h1-9,18H,10-11H2. The molecule has 0 radical (unpaired) electrons. The zero-order valence-corrected chi connectivity index (χ0v) is 10.3. The number of hydrogen-bond donors (Lipinski definition) is 1. The second-order valence-corrected chi connectivity index (χ2v) is 4.17. The summed E-state index contributed by atoms with van der Waals surface area (Å²) in [5, 5.41) is 9.34. The summed E-state index contributed by atoms with van der Waals surface area (Å²) in [6, 6.07) is 14.8. The van der Waals surface area contributed by atoms with Crippen LogP contribution in [0.5, 0.6) is 5.75 Å². The van der Waals surface area contributed by atoms with E-state index in [0.29, 0.717) is 12.0 Å². The molecule has 0 spiro atoms. The molecule has 2 aromatic rings. The molecule has 0 fully saturated rings. The molecule has 0 bridgehead atoms. The molecule has 19 heavy (non-hydrogen) atoms. The van der Waals surface area contributed by atoms with Crippen LogP contribution in [-0.2, 0) is 6.42 Å². The van der Waals surface area contributed by atoms with Gasteiger partial charge in [-0.15, -0.1) is 0 Å². The zero-order chi connectivity index (χ0) is 13.7. The van der Waals surface area contributed by atoms with E-state index in [1.807, 2.05) is 0 Å². The number of benzene rings is 2. The molecule has 0 aliphatic rings. The van der Waals surface area contributed by atoms with Crippen LogP contribution in [0.25, 0.3) is 0 Å². The molecule has 1 amide bonds. The lowest BCUT2D eigenvalue weighted by molar-refractivity contribution is 0.0203. The van der Waals surface area contributed by atoms with E-state index in [2.05, 4.69) is 0 Å². The molecule has 3 nitrogen and oxygen atoms in total. The van der Waals surface area contributed by atoms with Gasteiger partial charge in [0.1, 0.15) is 5.75 Å². The molecule has 0 saturated carbocycles. The number of aromatic hydroxyl groups is 1. The van der Waals surface area contributed by atoms with Crippen molar-refractivity contribution >= 4 is 5.91 Å². The number of phenols is 1. The van der Waals surface area contributed by atoms with Crippen LogP contribution in [0, 0.1) is 0 Å². The van der Waals surface area contributed by atoms with E-state index in [1.165, 1.54) is 12.1 Å². The van der Waals surface area contributed by atoms with Gasteiger partial charge in [0.15, 0.2) is 0 Å². The Labute approximate surface area is 110 Å². The lowest BCUT2D eigenvalue weighted by atomic mass is 10.1. The number of hydrogen-bond acceptors (Lipinski definition) is 2. The minimum Gasteiger partial charge on any atom is -0.508 e. The molecule has 98 valence electrons. The molecular weight excluding hydrogens is 245 g/mol. The number of nitrogens with zero attached hydrogens (tertiary/aromatic N) is 1. The number of halogens is 1. The Hall–Kier alpha value is -2.36. The Morgan fingerprint density at radius 1 is 1.05 bits per heavy atom. The summed E-state index contributed by atoms with van der Waals surface area (Å²) >= 11 is 0. The van der Waals surface area contributed by atoms with E-state index in [9.17, 15) is 9.28 Å². The molecule has 0 unspecified atom stereocenters. The van der Waals surface area contributed by atoms with Crippen molar-refractivity contribution in [1.29, 1.82) is 0 Å². The molecule has 0 atom stereocenters. The summed E-state index contributed by atoms with van der Waals surface area (Å²) in [5.41, 5.74) is 1.19. The van der Waals surface area contributed by atoms with Gasteiger partial charge in [-0.1, -0.05) is 34.8 Å². The van der Waals surface area contributed by atoms with Crippen LogP contribution in [0.15, 0.2) is 54.6 Å². The third kappa shape index (κ3) is 3.55. The number of carbonyl (C=O) groups is 1. The van der Waals surface area contributed by atoms with Gasteiger partial charge in [-0.05, 0) is 36.2 Å². The van der Waals surface area contributed by atoms with Crippen molar-refractivity contribution in [3.05, 3.63) is 65.7 Å². The molecule has 0 aliphatic carbocycles. The molecule has 0 heterocycles. The van der Waals surface area contributed by atoms with Crippen molar-refractivity contribution in [3.8, 4) is 5.75 Å². The van der Waals surface area contributed by atoms with Gasteiger partial charge in [0, 0.05) is 5.56 Å². The van der Waals surface area contributed by atoms with Crippen LogP contribution >= 0.6 is 0 Å². The lowest BCUT2D eigenvalue weighted by Gasteiger charge is -2.12. The molecule has 2 aromatic carbocycles. The van der Waals surface area contributed by atoms with Crippen molar-refractivity contribution in [1.82, 2.24) is 5.12 Å². The Morgan fingerprint density at radius 2 is 1.68 bits per heavy atom. The van der Waals surface area contributed by atoms with Gasteiger partial charge in [-0.25, -0.2) is 0 Å². The molecule has 4 heteroatoms. The Balaban J connectivity index is 1.92. The summed E-state index contributed by atoms with van der Waals surface area (Å²) in [4.78, 5) is 11.7. The van der Waals surface area contributed by atoms with Crippen molar-refractivity contribution in [2.45, 2.75) is 6.42 Å². The summed E-state index contributed by atoms with van der Waals surface area (Å²) < 4.78 is 13.7. The lowest BCUT2D eigenvalue weighted by Crippen LogP contribution is -2.24.